The van der Waals surface area contributed by atoms with Crippen LogP contribution in [0.15, 0.2) is 217 Å². The van der Waals surface area contributed by atoms with E-state index >= 15 is 0 Å². The Bertz CT molecular complexity index is 2900. The highest BCUT2D eigenvalue weighted by Gasteiger charge is 2.18. The minimum absolute atomic E-state index is 0.859. The molecule has 10 rings (SSSR count). The molecule has 0 saturated carbocycles. The topological polar surface area (TPSA) is 16.4 Å². The van der Waals surface area contributed by atoms with Crippen molar-refractivity contribution in [3.8, 4) is 44.5 Å². The molecule has 2 heteroatoms. The summed E-state index contributed by atoms with van der Waals surface area (Å²) in [5, 5.41) is 4.74. The minimum Gasteiger partial charge on any atom is -0.456 e. The smallest absolute Gasteiger partial charge is 0.137 e. The van der Waals surface area contributed by atoms with Crippen LogP contribution in [0.3, 0.4) is 0 Å². The Morgan fingerprint density at radius 1 is 0.296 bits per heavy atom. The zero-order valence-electron chi connectivity index (χ0n) is 29.6. The van der Waals surface area contributed by atoms with Gasteiger partial charge in [-0.1, -0.05) is 164 Å². The number of furan rings is 1. The fraction of sp³-hybridized carbons (Fsp3) is 0. The molecular weight excluding hydrogens is 655 g/mol. The van der Waals surface area contributed by atoms with Gasteiger partial charge in [-0.15, -0.1) is 0 Å². The molecule has 0 N–H and O–H groups in total. The molecule has 0 radical (unpaired) electrons. The zero-order chi connectivity index (χ0) is 35.8. The number of nitrogens with zero attached hydrogens (tertiary/aromatic N) is 1. The normalized spacial score (nSPS) is 11.3. The molecule has 1 aromatic heterocycles. The van der Waals surface area contributed by atoms with Gasteiger partial charge >= 0.3 is 0 Å². The predicted molar refractivity (Wildman–Crippen MR) is 228 cm³/mol. The summed E-state index contributed by atoms with van der Waals surface area (Å²) in [6.07, 6.45) is 0. The van der Waals surface area contributed by atoms with Gasteiger partial charge in [0.15, 0.2) is 0 Å². The molecule has 0 saturated heterocycles. The number of hydrogen-bond donors (Lipinski definition) is 0. The lowest BCUT2D eigenvalue weighted by Gasteiger charge is -2.26. The van der Waals surface area contributed by atoms with Crippen LogP contribution >= 0.6 is 0 Å². The van der Waals surface area contributed by atoms with E-state index in [1.54, 1.807) is 0 Å². The van der Waals surface area contributed by atoms with E-state index in [-0.39, 0.29) is 0 Å². The monoisotopic (exact) mass is 689 g/mol. The van der Waals surface area contributed by atoms with Crippen molar-refractivity contribution in [2.75, 3.05) is 4.90 Å². The zero-order valence-corrected chi connectivity index (χ0v) is 29.6. The van der Waals surface area contributed by atoms with Crippen LogP contribution in [-0.4, -0.2) is 0 Å². The van der Waals surface area contributed by atoms with Gasteiger partial charge in [-0.2, -0.15) is 0 Å². The van der Waals surface area contributed by atoms with E-state index in [2.05, 4.69) is 217 Å². The fourth-order valence-corrected chi connectivity index (χ4v) is 7.91. The largest absolute Gasteiger partial charge is 0.456 e. The van der Waals surface area contributed by atoms with Gasteiger partial charge in [0, 0.05) is 33.9 Å². The van der Waals surface area contributed by atoms with E-state index in [9.17, 15) is 0 Å². The average molecular weight is 690 g/mol. The standard InChI is InChI=1S/C52H35NO/c1-3-13-36(14-4-1)37-25-29-41(30-26-37)53(43-33-34-49-51(35-43)54-50-24-12-22-46(52(49)50)39-15-5-2-6-16-39)42-31-27-40(28-32-42)45-20-9-10-21-47(45)48-23-11-18-38-17-7-8-19-44(38)48/h1-35H. The van der Waals surface area contributed by atoms with Gasteiger partial charge in [0.25, 0.3) is 0 Å². The third-order valence-electron chi connectivity index (χ3n) is 10.5. The molecule has 0 aliphatic carbocycles. The number of hydrogen-bond acceptors (Lipinski definition) is 2. The minimum atomic E-state index is 0.859. The Balaban J connectivity index is 1.09. The van der Waals surface area contributed by atoms with Crippen LogP contribution < -0.4 is 4.90 Å². The van der Waals surface area contributed by atoms with Crippen LogP contribution in [-0.2, 0) is 0 Å². The summed E-state index contributed by atoms with van der Waals surface area (Å²) in [6.45, 7) is 0. The SMILES string of the molecule is c1ccc(-c2ccc(N(c3ccc(-c4ccccc4-c4cccc5ccccc45)cc3)c3ccc4c(c3)oc3cccc(-c5ccccc5)c34)cc2)cc1. The molecule has 0 bridgehead atoms. The summed E-state index contributed by atoms with van der Waals surface area (Å²) in [6, 6.07) is 75.7. The van der Waals surface area contributed by atoms with Crippen molar-refractivity contribution in [3.05, 3.63) is 212 Å². The molecular formula is C52H35NO. The highest BCUT2D eigenvalue weighted by atomic mass is 16.3. The van der Waals surface area contributed by atoms with E-state index < -0.39 is 0 Å². The molecule has 9 aromatic carbocycles. The first kappa shape index (κ1) is 31.6. The van der Waals surface area contributed by atoms with Crippen LogP contribution in [0.2, 0.25) is 0 Å². The van der Waals surface area contributed by atoms with Gasteiger partial charge in [-0.3, -0.25) is 0 Å². The van der Waals surface area contributed by atoms with Crippen molar-refractivity contribution in [1.82, 2.24) is 0 Å². The summed E-state index contributed by atoms with van der Waals surface area (Å²) in [5.41, 5.74) is 14.5. The quantitative estimate of drug-likeness (QED) is 0.166. The highest BCUT2D eigenvalue weighted by molar-refractivity contribution is 6.13. The number of anilines is 3. The molecule has 0 aliphatic rings. The van der Waals surface area contributed by atoms with Crippen molar-refractivity contribution in [2.24, 2.45) is 0 Å². The van der Waals surface area contributed by atoms with Gasteiger partial charge in [-0.05, 0) is 97.7 Å². The van der Waals surface area contributed by atoms with E-state index in [1.807, 2.05) is 0 Å². The molecule has 0 fully saturated rings. The first-order valence-electron chi connectivity index (χ1n) is 18.4. The third-order valence-corrected chi connectivity index (χ3v) is 10.5. The van der Waals surface area contributed by atoms with Gasteiger partial charge in [0.2, 0.25) is 0 Å². The van der Waals surface area contributed by atoms with Crippen molar-refractivity contribution >= 4 is 49.8 Å². The van der Waals surface area contributed by atoms with E-state index in [0.717, 1.165) is 39.0 Å². The van der Waals surface area contributed by atoms with Gasteiger partial charge in [-0.25, -0.2) is 0 Å². The second kappa shape index (κ2) is 13.4. The molecule has 254 valence electrons. The summed E-state index contributed by atoms with van der Waals surface area (Å²) in [7, 11) is 0. The maximum atomic E-state index is 6.59. The highest BCUT2D eigenvalue weighted by Crippen LogP contribution is 2.43. The molecule has 0 amide bonds. The third kappa shape index (κ3) is 5.62. The van der Waals surface area contributed by atoms with Crippen LogP contribution in [0.5, 0.6) is 0 Å². The summed E-state index contributed by atoms with van der Waals surface area (Å²) in [5.74, 6) is 0. The van der Waals surface area contributed by atoms with E-state index in [1.165, 1.54) is 55.3 Å². The molecule has 0 atom stereocenters. The fourth-order valence-electron chi connectivity index (χ4n) is 7.91. The Hall–Kier alpha value is -7.16. The summed E-state index contributed by atoms with van der Waals surface area (Å²) in [4.78, 5) is 2.32. The Morgan fingerprint density at radius 3 is 1.57 bits per heavy atom. The number of benzene rings is 9. The van der Waals surface area contributed by atoms with Crippen molar-refractivity contribution < 1.29 is 4.42 Å². The second-order valence-corrected chi connectivity index (χ2v) is 13.7. The van der Waals surface area contributed by atoms with Gasteiger partial charge < -0.3 is 9.32 Å². The molecule has 54 heavy (non-hydrogen) atoms. The lowest BCUT2D eigenvalue weighted by Crippen LogP contribution is -2.09. The van der Waals surface area contributed by atoms with Gasteiger partial charge in [0.1, 0.15) is 11.2 Å². The lowest BCUT2D eigenvalue weighted by molar-refractivity contribution is 0.669. The van der Waals surface area contributed by atoms with Crippen LogP contribution in [0.4, 0.5) is 17.1 Å². The molecule has 0 spiro atoms. The summed E-state index contributed by atoms with van der Waals surface area (Å²) >= 11 is 0. The Kier molecular flexibility index (Phi) is 7.85. The molecule has 10 aromatic rings. The van der Waals surface area contributed by atoms with Crippen LogP contribution in [0, 0.1) is 0 Å². The van der Waals surface area contributed by atoms with Gasteiger partial charge in [0.05, 0.1) is 0 Å². The van der Waals surface area contributed by atoms with Crippen molar-refractivity contribution in [3.63, 3.8) is 0 Å². The van der Waals surface area contributed by atoms with Crippen molar-refractivity contribution in [1.29, 1.82) is 0 Å². The van der Waals surface area contributed by atoms with Crippen molar-refractivity contribution in [2.45, 2.75) is 0 Å². The van der Waals surface area contributed by atoms with E-state index in [0.29, 0.717) is 0 Å². The first-order valence-corrected chi connectivity index (χ1v) is 18.4. The Morgan fingerprint density at radius 2 is 0.815 bits per heavy atom. The second-order valence-electron chi connectivity index (χ2n) is 13.7. The Labute approximate surface area is 314 Å². The lowest BCUT2D eigenvalue weighted by atomic mass is 9.91. The van der Waals surface area contributed by atoms with Crippen LogP contribution in [0.1, 0.15) is 0 Å². The molecule has 0 aliphatic heterocycles. The maximum absolute atomic E-state index is 6.59. The number of rotatable bonds is 7. The first-order chi connectivity index (χ1) is 26.8. The molecule has 1 heterocycles. The average Bonchev–Trinajstić information content (AvgIpc) is 3.63. The number of fused-ring (bicyclic) bond motifs is 4. The molecule has 0 unspecified atom stereocenters. The summed E-state index contributed by atoms with van der Waals surface area (Å²) < 4.78 is 6.59. The predicted octanol–water partition coefficient (Wildman–Crippen LogP) is 14.9. The van der Waals surface area contributed by atoms with Crippen LogP contribution in [0.25, 0.3) is 77.2 Å². The molecule has 2 nitrogen and oxygen atoms in total. The van der Waals surface area contributed by atoms with E-state index in [4.69, 9.17) is 4.42 Å². The maximum Gasteiger partial charge on any atom is 0.137 e.